The maximum Gasteiger partial charge on any atom is 0.102 e. The Kier molecular flexibility index (Phi) is 8.08. The Morgan fingerprint density at radius 2 is 1.57 bits per heavy atom. The van der Waals surface area contributed by atoms with Crippen LogP contribution in [0.15, 0.2) is 0 Å². The van der Waals surface area contributed by atoms with Gasteiger partial charge in [-0.15, -0.1) is 0 Å². The van der Waals surface area contributed by atoms with Gasteiger partial charge in [-0.1, -0.05) is 19.8 Å². The molecule has 0 rings (SSSR count). The Hall–Kier alpha value is -0.160. The second-order valence-corrected chi connectivity index (χ2v) is 3.87. The van der Waals surface area contributed by atoms with Crippen LogP contribution in [0.5, 0.6) is 0 Å². The molecule has 0 spiro atoms. The molecule has 4 nitrogen and oxygen atoms in total. The third-order valence-corrected chi connectivity index (χ3v) is 2.37. The van der Waals surface area contributed by atoms with E-state index in [1.54, 1.807) is 0 Å². The van der Waals surface area contributed by atoms with Crippen molar-refractivity contribution in [3.8, 4) is 0 Å². The lowest BCUT2D eigenvalue weighted by atomic mass is 10.0. The Morgan fingerprint density at radius 3 is 2.07 bits per heavy atom. The molecule has 0 saturated heterocycles. The fourth-order valence-electron chi connectivity index (χ4n) is 1.45. The standard InChI is InChI=1S/C10H24N2O2/c1-2-5-8(11)9(13)6-3-4-7-10(12)14/h8-10,13-14H,2-7,11-12H2,1H3. The van der Waals surface area contributed by atoms with Gasteiger partial charge < -0.3 is 21.7 Å². The summed E-state index contributed by atoms with van der Waals surface area (Å²) in [5.74, 6) is 0. The zero-order chi connectivity index (χ0) is 11.0. The van der Waals surface area contributed by atoms with Crippen LogP contribution in [0.25, 0.3) is 0 Å². The number of nitrogens with two attached hydrogens (primary N) is 2. The minimum absolute atomic E-state index is 0.109. The van der Waals surface area contributed by atoms with E-state index in [0.717, 1.165) is 25.7 Å². The Bertz CT molecular complexity index is 131. The molecule has 0 aliphatic heterocycles. The van der Waals surface area contributed by atoms with Crippen LogP contribution in [0.1, 0.15) is 45.4 Å². The third-order valence-electron chi connectivity index (χ3n) is 2.37. The Morgan fingerprint density at radius 1 is 1.00 bits per heavy atom. The fourth-order valence-corrected chi connectivity index (χ4v) is 1.45. The van der Waals surface area contributed by atoms with Gasteiger partial charge in [0, 0.05) is 6.04 Å². The van der Waals surface area contributed by atoms with Crippen LogP contribution in [0.2, 0.25) is 0 Å². The van der Waals surface area contributed by atoms with Crippen molar-refractivity contribution in [3.05, 3.63) is 0 Å². The summed E-state index contributed by atoms with van der Waals surface area (Å²) in [5.41, 5.74) is 10.9. The first-order chi connectivity index (χ1) is 6.57. The number of hydrogen-bond donors (Lipinski definition) is 4. The number of hydrogen-bond acceptors (Lipinski definition) is 4. The van der Waals surface area contributed by atoms with Crippen LogP contribution >= 0.6 is 0 Å². The maximum atomic E-state index is 9.60. The highest BCUT2D eigenvalue weighted by Crippen LogP contribution is 2.09. The van der Waals surface area contributed by atoms with Crippen LogP contribution in [0.4, 0.5) is 0 Å². The van der Waals surface area contributed by atoms with Crippen molar-refractivity contribution in [3.63, 3.8) is 0 Å². The second kappa shape index (κ2) is 8.17. The van der Waals surface area contributed by atoms with Gasteiger partial charge in [-0.25, -0.2) is 0 Å². The predicted octanol–water partition coefficient (Wildman–Crippen LogP) is 0.312. The first-order valence-corrected chi connectivity index (χ1v) is 5.45. The third kappa shape index (κ3) is 7.26. The fraction of sp³-hybridized carbons (Fsp3) is 1.00. The van der Waals surface area contributed by atoms with Gasteiger partial charge in [-0.2, -0.15) is 0 Å². The monoisotopic (exact) mass is 204 g/mol. The Labute approximate surface area is 86.3 Å². The zero-order valence-corrected chi connectivity index (χ0v) is 9.02. The summed E-state index contributed by atoms with van der Waals surface area (Å²) in [4.78, 5) is 0. The summed E-state index contributed by atoms with van der Waals surface area (Å²) >= 11 is 0. The van der Waals surface area contributed by atoms with Crippen LogP contribution < -0.4 is 11.5 Å². The molecule has 0 amide bonds. The summed E-state index contributed by atoms with van der Waals surface area (Å²) in [5, 5.41) is 18.4. The lowest BCUT2D eigenvalue weighted by Gasteiger charge is -2.17. The molecule has 0 fully saturated rings. The summed E-state index contributed by atoms with van der Waals surface area (Å²) in [6.07, 6.45) is 3.73. The van der Waals surface area contributed by atoms with E-state index in [-0.39, 0.29) is 6.04 Å². The molecule has 14 heavy (non-hydrogen) atoms. The van der Waals surface area contributed by atoms with E-state index < -0.39 is 12.3 Å². The molecule has 0 aromatic rings. The molecule has 0 aliphatic rings. The van der Waals surface area contributed by atoms with Crippen molar-refractivity contribution in [2.24, 2.45) is 11.5 Å². The Balaban J connectivity index is 3.38. The van der Waals surface area contributed by atoms with Gasteiger partial charge in [0.2, 0.25) is 0 Å². The predicted molar refractivity (Wildman–Crippen MR) is 57.6 cm³/mol. The molecule has 0 radical (unpaired) electrons. The van der Waals surface area contributed by atoms with Gasteiger partial charge in [0.1, 0.15) is 6.23 Å². The normalized spacial score (nSPS) is 17.8. The average Bonchev–Trinajstić information content (AvgIpc) is 2.12. The van der Waals surface area contributed by atoms with E-state index in [0.29, 0.717) is 12.8 Å². The van der Waals surface area contributed by atoms with Crippen molar-refractivity contribution in [1.29, 1.82) is 0 Å². The molecule has 0 aromatic carbocycles. The SMILES string of the molecule is CCCC(N)C(O)CCCCC(N)O. The van der Waals surface area contributed by atoms with Crippen LogP contribution in [-0.4, -0.2) is 28.6 Å². The van der Waals surface area contributed by atoms with Gasteiger partial charge in [-0.05, 0) is 25.7 Å². The molecule has 0 bridgehead atoms. The van der Waals surface area contributed by atoms with Crippen molar-refractivity contribution in [2.45, 2.75) is 63.8 Å². The zero-order valence-electron chi connectivity index (χ0n) is 9.02. The lowest BCUT2D eigenvalue weighted by Crippen LogP contribution is -2.34. The molecule has 3 unspecified atom stereocenters. The van der Waals surface area contributed by atoms with Gasteiger partial charge in [-0.3, -0.25) is 0 Å². The number of aliphatic hydroxyl groups is 2. The quantitative estimate of drug-likeness (QED) is 0.338. The second-order valence-electron chi connectivity index (χ2n) is 3.87. The molecule has 0 aromatic heterocycles. The summed E-state index contributed by atoms with van der Waals surface area (Å²) < 4.78 is 0. The molecular formula is C10H24N2O2. The summed E-state index contributed by atoms with van der Waals surface area (Å²) in [6.45, 7) is 2.05. The van der Waals surface area contributed by atoms with E-state index in [4.69, 9.17) is 16.6 Å². The van der Waals surface area contributed by atoms with Crippen LogP contribution in [0, 0.1) is 0 Å². The minimum Gasteiger partial charge on any atom is -0.392 e. The van der Waals surface area contributed by atoms with E-state index in [1.807, 2.05) is 0 Å². The highest BCUT2D eigenvalue weighted by Gasteiger charge is 2.12. The van der Waals surface area contributed by atoms with E-state index in [9.17, 15) is 5.11 Å². The van der Waals surface area contributed by atoms with Gasteiger partial charge >= 0.3 is 0 Å². The van der Waals surface area contributed by atoms with Crippen molar-refractivity contribution >= 4 is 0 Å². The topological polar surface area (TPSA) is 92.5 Å². The van der Waals surface area contributed by atoms with Crippen LogP contribution in [0.3, 0.4) is 0 Å². The smallest absolute Gasteiger partial charge is 0.102 e. The highest BCUT2D eigenvalue weighted by molar-refractivity contribution is 4.71. The largest absolute Gasteiger partial charge is 0.392 e. The van der Waals surface area contributed by atoms with Crippen molar-refractivity contribution in [1.82, 2.24) is 0 Å². The van der Waals surface area contributed by atoms with E-state index >= 15 is 0 Å². The molecule has 0 aliphatic carbocycles. The van der Waals surface area contributed by atoms with Gasteiger partial charge in [0.25, 0.3) is 0 Å². The van der Waals surface area contributed by atoms with E-state index in [1.165, 1.54) is 0 Å². The van der Waals surface area contributed by atoms with Crippen molar-refractivity contribution < 1.29 is 10.2 Å². The first kappa shape index (κ1) is 13.8. The van der Waals surface area contributed by atoms with Crippen LogP contribution in [-0.2, 0) is 0 Å². The molecule has 0 saturated carbocycles. The maximum absolute atomic E-state index is 9.60. The number of rotatable bonds is 8. The molecular weight excluding hydrogens is 180 g/mol. The lowest BCUT2D eigenvalue weighted by molar-refractivity contribution is 0.122. The first-order valence-electron chi connectivity index (χ1n) is 5.45. The highest BCUT2D eigenvalue weighted by atomic mass is 16.3. The minimum atomic E-state index is -0.726. The summed E-state index contributed by atoms with van der Waals surface area (Å²) in [7, 11) is 0. The number of unbranched alkanes of at least 4 members (excludes halogenated alkanes) is 1. The van der Waals surface area contributed by atoms with Gasteiger partial charge in [0.15, 0.2) is 0 Å². The van der Waals surface area contributed by atoms with Gasteiger partial charge in [0.05, 0.1) is 6.10 Å². The van der Waals surface area contributed by atoms with Crippen molar-refractivity contribution in [2.75, 3.05) is 0 Å². The average molecular weight is 204 g/mol. The molecule has 3 atom stereocenters. The molecule has 0 heterocycles. The van der Waals surface area contributed by atoms with E-state index in [2.05, 4.69) is 6.92 Å². The number of aliphatic hydroxyl groups excluding tert-OH is 2. The molecule has 4 heteroatoms. The molecule has 86 valence electrons. The summed E-state index contributed by atoms with van der Waals surface area (Å²) in [6, 6.07) is -0.109. The molecule has 6 N–H and O–H groups in total.